The Balaban J connectivity index is 2.20. The largest absolute Gasteiger partial charge is 0.346 e. The highest BCUT2D eigenvalue weighted by atomic mass is 32.2. The first-order valence-electron chi connectivity index (χ1n) is 7.23. The second-order valence-corrected chi connectivity index (χ2v) is 6.75. The van der Waals surface area contributed by atoms with Crippen molar-refractivity contribution in [1.29, 1.82) is 0 Å². The van der Waals surface area contributed by atoms with Crippen molar-refractivity contribution >= 4 is 26.6 Å². The van der Waals surface area contributed by atoms with Gasteiger partial charge in [0.1, 0.15) is 0 Å². The van der Waals surface area contributed by atoms with Gasteiger partial charge in [-0.2, -0.15) is 0 Å². The van der Waals surface area contributed by atoms with Crippen molar-refractivity contribution in [2.24, 2.45) is 0 Å². The van der Waals surface area contributed by atoms with Gasteiger partial charge < -0.3 is 4.57 Å². The van der Waals surface area contributed by atoms with E-state index in [-0.39, 0.29) is 4.90 Å². The lowest BCUT2D eigenvalue weighted by Gasteiger charge is -2.13. The summed E-state index contributed by atoms with van der Waals surface area (Å²) < 4.78 is 29.4. The minimum Gasteiger partial charge on any atom is -0.346 e. The highest BCUT2D eigenvalue weighted by molar-refractivity contribution is 7.92. The van der Waals surface area contributed by atoms with Crippen LogP contribution in [0.3, 0.4) is 0 Å². The first-order valence-corrected chi connectivity index (χ1v) is 8.71. The molecule has 0 atom stereocenters. The van der Waals surface area contributed by atoms with Gasteiger partial charge in [-0.05, 0) is 31.2 Å². The van der Waals surface area contributed by atoms with E-state index in [1.54, 1.807) is 53.1 Å². The Bertz CT molecular complexity index is 1010. The molecule has 6 heteroatoms. The second-order valence-electron chi connectivity index (χ2n) is 5.10. The lowest BCUT2D eigenvalue weighted by molar-refractivity contribution is 0.599. The molecule has 0 saturated heterocycles. The number of nitrogens with one attached hydrogen (secondary N) is 1. The van der Waals surface area contributed by atoms with Gasteiger partial charge in [0.05, 0.1) is 5.52 Å². The molecule has 0 saturated carbocycles. The maximum absolute atomic E-state index is 12.6. The van der Waals surface area contributed by atoms with Crippen LogP contribution in [-0.4, -0.2) is 13.0 Å². The minimum atomic E-state index is -3.95. The van der Waals surface area contributed by atoms with Crippen LogP contribution in [0.2, 0.25) is 0 Å². The Morgan fingerprint density at radius 2 is 1.65 bits per heavy atom. The molecule has 0 aliphatic rings. The van der Waals surface area contributed by atoms with Crippen molar-refractivity contribution < 1.29 is 8.42 Å². The molecule has 0 bridgehead atoms. The first-order chi connectivity index (χ1) is 11.0. The van der Waals surface area contributed by atoms with Crippen LogP contribution in [-0.2, 0) is 16.6 Å². The molecule has 3 aromatic rings. The third-order valence-electron chi connectivity index (χ3n) is 3.61. The molecule has 0 fully saturated rings. The summed E-state index contributed by atoms with van der Waals surface area (Å²) in [5.41, 5.74) is 0.649. The fraction of sp³-hybridized carbons (Fsp3) is 0.118. The summed E-state index contributed by atoms with van der Waals surface area (Å²) in [5, 5.41) is 0.394. The molecule has 0 aliphatic carbocycles. The Kier molecular flexibility index (Phi) is 3.92. The van der Waals surface area contributed by atoms with Crippen LogP contribution in [0.25, 0.3) is 10.9 Å². The second kappa shape index (κ2) is 5.89. The summed E-state index contributed by atoms with van der Waals surface area (Å²) in [6, 6.07) is 15.5. The molecular weight excluding hydrogens is 312 g/mol. The van der Waals surface area contributed by atoms with Crippen molar-refractivity contribution in [3.63, 3.8) is 0 Å². The number of nitrogens with zero attached hydrogens (tertiary/aromatic N) is 1. The molecule has 0 amide bonds. The number of fused-ring (bicyclic) bond motifs is 1. The Hall–Kier alpha value is -2.60. The van der Waals surface area contributed by atoms with Crippen molar-refractivity contribution in [3.05, 3.63) is 71.0 Å². The van der Waals surface area contributed by atoms with Gasteiger partial charge in [-0.1, -0.05) is 30.3 Å². The Labute approximate surface area is 134 Å². The van der Waals surface area contributed by atoms with Crippen LogP contribution in [0.4, 0.5) is 5.69 Å². The molecule has 5 nitrogen and oxygen atoms in total. The molecule has 0 unspecified atom stereocenters. The summed E-state index contributed by atoms with van der Waals surface area (Å²) in [5.74, 6) is 0. The monoisotopic (exact) mass is 328 g/mol. The zero-order valence-corrected chi connectivity index (χ0v) is 13.4. The number of hydrogen-bond donors (Lipinski definition) is 1. The molecule has 2 aromatic carbocycles. The summed E-state index contributed by atoms with van der Waals surface area (Å²) in [6.07, 6.45) is 1.40. The van der Waals surface area contributed by atoms with Crippen molar-refractivity contribution in [3.8, 4) is 0 Å². The van der Waals surface area contributed by atoms with Gasteiger partial charge >= 0.3 is 0 Å². The van der Waals surface area contributed by atoms with Gasteiger partial charge in [-0.15, -0.1) is 0 Å². The molecule has 1 heterocycles. The molecule has 0 aliphatic heterocycles. The topological polar surface area (TPSA) is 68.2 Å². The molecule has 0 radical (unpaired) electrons. The van der Waals surface area contributed by atoms with E-state index in [2.05, 4.69) is 4.72 Å². The van der Waals surface area contributed by atoms with Crippen molar-refractivity contribution in [1.82, 2.24) is 4.57 Å². The van der Waals surface area contributed by atoms with Crippen LogP contribution in [0.1, 0.15) is 6.92 Å². The lowest BCUT2D eigenvalue weighted by atomic mass is 10.2. The molecule has 118 valence electrons. The summed E-state index contributed by atoms with van der Waals surface area (Å²) in [7, 11) is -3.95. The van der Waals surface area contributed by atoms with E-state index in [9.17, 15) is 13.2 Å². The number of anilines is 1. The number of aryl methyl sites for hydroxylation is 1. The summed E-state index contributed by atoms with van der Waals surface area (Å²) >= 11 is 0. The van der Waals surface area contributed by atoms with Gasteiger partial charge in [0.15, 0.2) is 4.90 Å². The molecule has 0 spiro atoms. The lowest BCUT2D eigenvalue weighted by Crippen LogP contribution is -2.23. The molecule has 1 N–H and O–H groups in total. The predicted octanol–water partition coefficient (Wildman–Crippen LogP) is 2.82. The van der Waals surface area contributed by atoms with Crippen LogP contribution >= 0.6 is 0 Å². The van der Waals surface area contributed by atoms with E-state index >= 15 is 0 Å². The predicted molar refractivity (Wildman–Crippen MR) is 91.1 cm³/mol. The van der Waals surface area contributed by atoms with Crippen LogP contribution in [0, 0.1) is 0 Å². The number of para-hydroxylation sites is 2. The zero-order valence-electron chi connectivity index (χ0n) is 12.6. The first kappa shape index (κ1) is 15.3. The standard InChI is InChI=1S/C17H16N2O3S/c1-2-19-12-16(17(20)14-10-6-7-11-15(14)19)23(21,22)18-13-8-4-3-5-9-13/h3-12,18H,2H2,1H3. The van der Waals surface area contributed by atoms with Crippen molar-refractivity contribution in [2.75, 3.05) is 4.72 Å². The van der Waals surface area contributed by atoms with Crippen molar-refractivity contribution in [2.45, 2.75) is 18.4 Å². The fourth-order valence-corrected chi connectivity index (χ4v) is 3.66. The van der Waals surface area contributed by atoms with E-state index in [0.29, 0.717) is 17.6 Å². The maximum Gasteiger partial charge on any atom is 0.267 e. The normalized spacial score (nSPS) is 11.5. The zero-order chi connectivity index (χ0) is 16.4. The van der Waals surface area contributed by atoms with Gasteiger partial charge in [-0.3, -0.25) is 9.52 Å². The smallest absolute Gasteiger partial charge is 0.267 e. The number of pyridine rings is 1. The van der Waals surface area contributed by atoms with E-state index in [4.69, 9.17) is 0 Å². The quantitative estimate of drug-likeness (QED) is 0.801. The maximum atomic E-state index is 12.6. The SMILES string of the molecule is CCn1cc(S(=O)(=O)Nc2ccccc2)c(=O)c2ccccc21. The number of rotatable bonds is 4. The average Bonchev–Trinajstić information content (AvgIpc) is 2.56. The van der Waals surface area contributed by atoms with Crippen LogP contribution < -0.4 is 10.2 Å². The number of sulfonamides is 1. The van der Waals surface area contributed by atoms with E-state index < -0.39 is 15.5 Å². The van der Waals surface area contributed by atoms with E-state index in [1.807, 2.05) is 13.0 Å². The molecule has 23 heavy (non-hydrogen) atoms. The highest BCUT2D eigenvalue weighted by Crippen LogP contribution is 2.17. The highest BCUT2D eigenvalue weighted by Gasteiger charge is 2.21. The van der Waals surface area contributed by atoms with Crippen LogP contribution in [0.5, 0.6) is 0 Å². The Morgan fingerprint density at radius 3 is 2.35 bits per heavy atom. The van der Waals surface area contributed by atoms with Gasteiger partial charge in [0, 0.05) is 23.8 Å². The van der Waals surface area contributed by atoms with E-state index in [0.717, 1.165) is 5.52 Å². The average molecular weight is 328 g/mol. The third kappa shape index (κ3) is 2.85. The third-order valence-corrected chi connectivity index (χ3v) is 4.99. The van der Waals surface area contributed by atoms with Crippen LogP contribution in [0.15, 0.2) is 70.5 Å². The van der Waals surface area contributed by atoms with Gasteiger partial charge in [0.2, 0.25) is 5.43 Å². The molecular formula is C17H16N2O3S. The number of aromatic nitrogens is 1. The van der Waals surface area contributed by atoms with Gasteiger partial charge in [0.25, 0.3) is 10.0 Å². The number of hydrogen-bond acceptors (Lipinski definition) is 3. The molecule has 1 aromatic heterocycles. The Morgan fingerprint density at radius 1 is 1.00 bits per heavy atom. The summed E-state index contributed by atoms with van der Waals surface area (Å²) in [6.45, 7) is 2.46. The van der Waals surface area contributed by atoms with E-state index in [1.165, 1.54) is 6.20 Å². The fourth-order valence-electron chi connectivity index (χ4n) is 2.49. The summed E-state index contributed by atoms with van der Waals surface area (Å²) in [4.78, 5) is 12.4. The van der Waals surface area contributed by atoms with Gasteiger partial charge in [-0.25, -0.2) is 8.42 Å². The molecule has 3 rings (SSSR count). The minimum absolute atomic E-state index is 0.248. The number of benzene rings is 2.